The van der Waals surface area contributed by atoms with Gasteiger partial charge in [0.25, 0.3) is 0 Å². The molecule has 0 aliphatic carbocycles. The SMILES string of the molecule is CN1C(=O)CCc2c(-c3cnoc3N)cccc21. The Morgan fingerprint density at radius 2 is 2.17 bits per heavy atom. The Hall–Kier alpha value is -2.30. The van der Waals surface area contributed by atoms with Gasteiger partial charge < -0.3 is 15.2 Å². The van der Waals surface area contributed by atoms with Gasteiger partial charge in [-0.25, -0.2) is 0 Å². The molecule has 0 unspecified atom stereocenters. The number of nitrogens with two attached hydrogens (primary N) is 1. The number of carbonyl (C=O) groups is 1. The van der Waals surface area contributed by atoms with Gasteiger partial charge in [-0.3, -0.25) is 4.79 Å². The number of hydrogen-bond acceptors (Lipinski definition) is 4. The van der Waals surface area contributed by atoms with Gasteiger partial charge in [0.1, 0.15) is 0 Å². The lowest BCUT2D eigenvalue weighted by atomic mass is 9.93. The van der Waals surface area contributed by atoms with E-state index in [4.69, 9.17) is 10.3 Å². The van der Waals surface area contributed by atoms with Gasteiger partial charge in [0.05, 0.1) is 11.8 Å². The molecule has 0 radical (unpaired) electrons. The number of nitrogen functional groups attached to an aromatic ring is 1. The maximum Gasteiger partial charge on any atom is 0.229 e. The molecule has 1 aromatic carbocycles. The average molecular weight is 243 g/mol. The number of benzene rings is 1. The van der Waals surface area contributed by atoms with Crippen LogP contribution in [-0.2, 0) is 11.2 Å². The van der Waals surface area contributed by atoms with Crippen molar-refractivity contribution < 1.29 is 9.32 Å². The molecule has 0 bridgehead atoms. The van der Waals surface area contributed by atoms with Crippen LogP contribution in [-0.4, -0.2) is 18.1 Å². The van der Waals surface area contributed by atoms with Gasteiger partial charge in [0.2, 0.25) is 11.8 Å². The molecule has 92 valence electrons. The van der Waals surface area contributed by atoms with Crippen molar-refractivity contribution in [2.24, 2.45) is 0 Å². The van der Waals surface area contributed by atoms with Gasteiger partial charge in [-0.15, -0.1) is 0 Å². The first-order chi connectivity index (χ1) is 8.68. The van der Waals surface area contributed by atoms with Crippen LogP contribution in [0, 0.1) is 0 Å². The lowest BCUT2D eigenvalue weighted by molar-refractivity contribution is -0.118. The molecule has 1 aromatic heterocycles. The highest BCUT2D eigenvalue weighted by molar-refractivity contribution is 5.98. The Morgan fingerprint density at radius 3 is 2.89 bits per heavy atom. The minimum absolute atomic E-state index is 0.137. The van der Waals surface area contributed by atoms with E-state index in [1.807, 2.05) is 18.2 Å². The van der Waals surface area contributed by atoms with Crippen LogP contribution in [0.2, 0.25) is 0 Å². The van der Waals surface area contributed by atoms with E-state index < -0.39 is 0 Å². The zero-order valence-electron chi connectivity index (χ0n) is 10.0. The van der Waals surface area contributed by atoms with Crippen molar-refractivity contribution in [3.63, 3.8) is 0 Å². The van der Waals surface area contributed by atoms with Gasteiger partial charge in [-0.05, 0) is 23.6 Å². The number of nitrogens with zero attached hydrogens (tertiary/aromatic N) is 2. The summed E-state index contributed by atoms with van der Waals surface area (Å²) in [5.41, 5.74) is 9.59. The van der Waals surface area contributed by atoms with Gasteiger partial charge in [-0.2, -0.15) is 0 Å². The van der Waals surface area contributed by atoms with Crippen molar-refractivity contribution in [3.05, 3.63) is 30.0 Å². The predicted octanol–water partition coefficient (Wildman–Crippen LogP) is 1.83. The Morgan fingerprint density at radius 1 is 1.33 bits per heavy atom. The van der Waals surface area contributed by atoms with E-state index in [0.29, 0.717) is 12.3 Å². The van der Waals surface area contributed by atoms with E-state index >= 15 is 0 Å². The molecule has 0 saturated heterocycles. The van der Waals surface area contributed by atoms with Crippen molar-refractivity contribution in [1.82, 2.24) is 5.16 Å². The van der Waals surface area contributed by atoms with Crippen LogP contribution in [0.4, 0.5) is 11.6 Å². The summed E-state index contributed by atoms with van der Waals surface area (Å²) in [6.45, 7) is 0. The second kappa shape index (κ2) is 3.87. The maximum absolute atomic E-state index is 11.7. The van der Waals surface area contributed by atoms with Crippen molar-refractivity contribution in [2.75, 3.05) is 17.7 Å². The third-order valence-electron chi connectivity index (χ3n) is 3.36. The summed E-state index contributed by atoms with van der Waals surface area (Å²) < 4.78 is 4.91. The van der Waals surface area contributed by atoms with Gasteiger partial charge in [-0.1, -0.05) is 17.3 Å². The van der Waals surface area contributed by atoms with E-state index in [1.165, 1.54) is 0 Å². The van der Waals surface area contributed by atoms with Crippen LogP contribution in [0.25, 0.3) is 11.1 Å². The minimum Gasteiger partial charge on any atom is -0.367 e. The number of anilines is 2. The van der Waals surface area contributed by atoms with Crippen molar-refractivity contribution in [1.29, 1.82) is 0 Å². The van der Waals surface area contributed by atoms with Crippen molar-refractivity contribution in [3.8, 4) is 11.1 Å². The molecule has 0 atom stereocenters. The van der Waals surface area contributed by atoms with E-state index in [-0.39, 0.29) is 5.91 Å². The lowest BCUT2D eigenvalue weighted by Crippen LogP contribution is -2.31. The second-order valence-corrected chi connectivity index (χ2v) is 4.36. The summed E-state index contributed by atoms with van der Waals surface area (Å²) in [5.74, 6) is 0.445. The van der Waals surface area contributed by atoms with E-state index in [9.17, 15) is 4.79 Å². The highest BCUT2D eigenvalue weighted by Gasteiger charge is 2.24. The van der Waals surface area contributed by atoms with Gasteiger partial charge >= 0.3 is 0 Å². The molecule has 1 aliphatic heterocycles. The van der Waals surface area contributed by atoms with Crippen LogP contribution < -0.4 is 10.6 Å². The molecule has 2 aromatic rings. The molecule has 1 aliphatic rings. The Bertz CT molecular complexity index is 618. The third kappa shape index (κ3) is 1.48. The Kier molecular flexibility index (Phi) is 2.33. The van der Waals surface area contributed by atoms with Crippen LogP contribution in [0.15, 0.2) is 28.9 Å². The van der Waals surface area contributed by atoms with Gasteiger partial charge in [0, 0.05) is 19.2 Å². The van der Waals surface area contributed by atoms with E-state index in [2.05, 4.69) is 5.16 Å². The third-order valence-corrected chi connectivity index (χ3v) is 3.36. The summed E-state index contributed by atoms with van der Waals surface area (Å²) in [6, 6.07) is 5.83. The first-order valence-corrected chi connectivity index (χ1v) is 5.77. The molecule has 0 saturated carbocycles. The van der Waals surface area contributed by atoms with Crippen LogP contribution in [0.1, 0.15) is 12.0 Å². The Labute approximate surface area is 104 Å². The molecule has 18 heavy (non-hydrogen) atoms. The summed E-state index contributed by atoms with van der Waals surface area (Å²) in [5, 5.41) is 3.70. The zero-order chi connectivity index (χ0) is 12.7. The average Bonchev–Trinajstić information content (AvgIpc) is 2.79. The smallest absolute Gasteiger partial charge is 0.229 e. The number of carbonyl (C=O) groups excluding carboxylic acids is 1. The number of rotatable bonds is 1. The first-order valence-electron chi connectivity index (χ1n) is 5.77. The fourth-order valence-electron chi connectivity index (χ4n) is 2.39. The summed E-state index contributed by atoms with van der Waals surface area (Å²) in [6.07, 6.45) is 2.85. The molecule has 3 rings (SSSR count). The number of aromatic nitrogens is 1. The molecular formula is C13H13N3O2. The van der Waals surface area contributed by atoms with Crippen molar-refractivity contribution in [2.45, 2.75) is 12.8 Å². The standard InChI is InChI=1S/C13H13N3O2/c1-16-11-4-2-3-8(9(11)5-6-12(16)17)10-7-15-18-13(10)14/h2-4,7H,5-6,14H2,1H3. The van der Waals surface area contributed by atoms with Crippen LogP contribution in [0.3, 0.4) is 0 Å². The fourth-order valence-corrected chi connectivity index (χ4v) is 2.39. The molecular weight excluding hydrogens is 230 g/mol. The summed E-state index contributed by atoms with van der Waals surface area (Å²) in [7, 11) is 1.79. The predicted molar refractivity (Wildman–Crippen MR) is 68.1 cm³/mol. The molecule has 1 amide bonds. The van der Waals surface area contributed by atoms with E-state index in [1.54, 1.807) is 18.1 Å². The summed E-state index contributed by atoms with van der Waals surface area (Å²) in [4.78, 5) is 13.4. The number of fused-ring (bicyclic) bond motifs is 1. The highest BCUT2D eigenvalue weighted by Crippen LogP contribution is 2.37. The number of amides is 1. The summed E-state index contributed by atoms with van der Waals surface area (Å²) >= 11 is 0. The quantitative estimate of drug-likeness (QED) is 0.829. The second-order valence-electron chi connectivity index (χ2n) is 4.36. The molecule has 0 fully saturated rings. The molecule has 2 N–H and O–H groups in total. The first kappa shape index (κ1) is 10.8. The zero-order valence-corrected chi connectivity index (χ0v) is 10.0. The van der Waals surface area contributed by atoms with Crippen LogP contribution >= 0.6 is 0 Å². The highest BCUT2D eigenvalue weighted by atomic mass is 16.5. The largest absolute Gasteiger partial charge is 0.367 e. The molecule has 2 heterocycles. The van der Waals surface area contributed by atoms with Crippen LogP contribution in [0.5, 0.6) is 0 Å². The molecule has 0 spiro atoms. The Balaban J connectivity index is 2.19. The lowest BCUT2D eigenvalue weighted by Gasteiger charge is -2.27. The minimum atomic E-state index is 0.137. The molecule has 5 nitrogen and oxygen atoms in total. The fraction of sp³-hybridized carbons (Fsp3) is 0.231. The maximum atomic E-state index is 11.7. The topological polar surface area (TPSA) is 72.4 Å². The van der Waals surface area contributed by atoms with Crippen molar-refractivity contribution >= 4 is 17.5 Å². The molecule has 5 heteroatoms. The van der Waals surface area contributed by atoms with E-state index in [0.717, 1.165) is 28.8 Å². The van der Waals surface area contributed by atoms with Gasteiger partial charge in [0.15, 0.2) is 0 Å². The monoisotopic (exact) mass is 243 g/mol. The number of hydrogen-bond donors (Lipinski definition) is 1. The normalized spacial score (nSPS) is 14.7.